The van der Waals surface area contributed by atoms with E-state index in [9.17, 15) is 4.79 Å². The molecule has 0 spiro atoms. The minimum absolute atomic E-state index is 0.0405. The van der Waals surface area contributed by atoms with Gasteiger partial charge in [-0.15, -0.1) is 0 Å². The number of carboxylic acid groups (broad SMARTS) is 1. The van der Waals surface area contributed by atoms with Gasteiger partial charge in [-0.25, -0.2) is 0 Å². The van der Waals surface area contributed by atoms with Crippen molar-refractivity contribution in [1.29, 1.82) is 0 Å². The topological polar surface area (TPSA) is 37.3 Å². The Kier molecular flexibility index (Phi) is 1.18. The summed E-state index contributed by atoms with van der Waals surface area (Å²) in [5.41, 5.74) is 0. The van der Waals surface area contributed by atoms with E-state index < -0.39 is 5.97 Å². The van der Waals surface area contributed by atoms with Crippen molar-refractivity contribution in [3.8, 4) is 0 Å². The molecule has 3 rings (SSSR count). The van der Waals surface area contributed by atoms with Gasteiger partial charge in [0.1, 0.15) is 0 Å². The third-order valence-corrected chi connectivity index (χ3v) is 3.83. The van der Waals surface area contributed by atoms with Crippen molar-refractivity contribution in [2.45, 2.75) is 25.7 Å². The minimum atomic E-state index is -0.554. The van der Waals surface area contributed by atoms with Crippen LogP contribution in [-0.4, -0.2) is 11.1 Å². The van der Waals surface area contributed by atoms with Crippen molar-refractivity contribution in [1.82, 2.24) is 0 Å². The van der Waals surface area contributed by atoms with Crippen molar-refractivity contribution in [2.75, 3.05) is 0 Å². The van der Waals surface area contributed by atoms with E-state index in [0.717, 1.165) is 24.2 Å². The highest BCUT2D eigenvalue weighted by atomic mass is 16.4. The third kappa shape index (κ3) is 0.970. The first-order valence-electron chi connectivity index (χ1n) is 5.00. The van der Waals surface area contributed by atoms with Gasteiger partial charge in [-0.1, -0.05) is 0 Å². The molecule has 0 bridgehead atoms. The molecule has 0 unspecified atom stereocenters. The summed E-state index contributed by atoms with van der Waals surface area (Å²) >= 11 is 0. The van der Waals surface area contributed by atoms with Gasteiger partial charge in [0, 0.05) is 0 Å². The van der Waals surface area contributed by atoms with E-state index in [0.29, 0.717) is 5.92 Å². The van der Waals surface area contributed by atoms with Crippen LogP contribution in [0.2, 0.25) is 0 Å². The van der Waals surface area contributed by atoms with Crippen molar-refractivity contribution in [3.05, 3.63) is 0 Å². The number of hydrogen-bond acceptors (Lipinski definition) is 1. The minimum Gasteiger partial charge on any atom is -0.481 e. The summed E-state index contributed by atoms with van der Waals surface area (Å²) in [7, 11) is 0. The zero-order chi connectivity index (χ0) is 8.29. The zero-order valence-corrected chi connectivity index (χ0v) is 7.07. The fraction of sp³-hybridized carbons (Fsp3) is 0.900. The fourth-order valence-corrected chi connectivity index (χ4v) is 2.77. The second-order valence-corrected chi connectivity index (χ2v) is 4.75. The van der Waals surface area contributed by atoms with Gasteiger partial charge in [0.05, 0.1) is 5.92 Å². The number of carboxylic acids is 1. The Balaban J connectivity index is 1.55. The first kappa shape index (κ1) is 6.93. The first-order chi connectivity index (χ1) is 5.77. The maximum Gasteiger partial charge on any atom is 0.306 e. The third-order valence-electron chi connectivity index (χ3n) is 3.83. The summed E-state index contributed by atoms with van der Waals surface area (Å²) in [4.78, 5) is 10.6. The highest BCUT2D eigenvalue weighted by molar-refractivity contribution is 5.73. The summed E-state index contributed by atoms with van der Waals surface area (Å²) < 4.78 is 0. The maximum atomic E-state index is 10.6. The van der Waals surface area contributed by atoms with Crippen LogP contribution in [-0.2, 0) is 4.79 Å². The standard InChI is InChI=1S/C10H14O2/c11-10(12)9-4-8(9)7-3-6(7)5-1-2-5/h5-9H,1-4H2,(H,11,12)/t6-,7-,8+,9+/m1/s1. The van der Waals surface area contributed by atoms with Crippen molar-refractivity contribution in [2.24, 2.45) is 29.6 Å². The van der Waals surface area contributed by atoms with Gasteiger partial charge in [0.2, 0.25) is 0 Å². The van der Waals surface area contributed by atoms with Gasteiger partial charge in [-0.05, 0) is 49.4 Å². The van der Waals surface area contributed by atoms with Crippen LogP contribution >= 0.6 is 0 Å². The quantitative estimate of drug-likeness (QED) is 0.693. The SMILES string of the molecule is O=C(O)[C@H]1C[C@H]1[C@@H]1C[C@@H]1C1CC1. The molecule has 0 heterocycles. The summed E-state index contributed by atoms with van der Waals surface area (Å²) in [5, 5.41) is 8.74. The van der Waals surface area contributed by atoms with Crippen molar-refractivity contribution >= 4 is 5.97 Å². The molecule has 3 aliphatic rings. The van der Waals surface area contributed by atoms with Crippen LogP contribution in [0.3, 0.4) is 0 Å². The number of carbonyl (C=O) groups is 1. The molecular formula is C10H14O2. The highest BCUT2D eigenvalue weighted by Gasteiger charge is 2.59. The summed E-state index contributed by atoms with van der Waals surface area (Å²) in [5.74, 6) is 2.83. The molecule has 4 atom stereocenters. The molecule has 3 aliphatic carbocycles. The lowest BCUT2D eigenvalue weighted by Crippen LogP contribution is -2.01. The Labute approximate surface area is 72.0 Å². The predicted octanol–water partition coefficient (Wildman–Crippen LogP) is 1.75. The molecule has 1 N–H and O–H groups in total. The number of aliphatic carboxylic acids is 1. The lowest BCUT2D eigenvalue weighted by atomic mass is 10.1. The van der Waals surface area contributed by atoms with E-state index in [1.54, 1.807) is 0 Å². The van der Waals surface area contributed by atoms with E-state index in [2.05, 4.69) is 0 Å². The molecule has 0 aromatic heterocycles. The van der Waals surface area contributed by atoms with Crippen molar-refractivity contribution in [3.63, 3.8) is 0 Å². The largest absolute Gasteiger partial charge is 0.481 e. The Morgan fingerprint density at radius 3 is 2.33 bits per heavy atom. The van der Waals surface area contributed by atoms with Crippen LogP contribution in [0.4, 0.5) is 0 Å². The second kappa shape index (κ2) is 2.04. The van der Waals surface area contributed by atoms with Gasteiger partial charge in [-0.2, -0.15) is 0 Å². The van der Waals surface area contributed by atoms with E-state index in [4.69, 9.17) is 5.11 Å². The Morgan fingerprint density at radius 1 is 1.08 bits per heavy atom. The second-order valence-electron chi connectivity index (χ2n) is 4.75. The van der Waals surface area contributed by atoms with Crippen molar-refractivity contribution < 1.29 is 9.90 Å². The molecule has 0 amide bonds. The van der Waals surface area contributed by atoms with Gasteiger partial charge in [-0.3, -0.25) is 4.79 Å². The molecule has 2 heteroatoms. The predicted molar refractivity (Wildman–Crippen MR) is 43.6 cm³/mol. The summed E-state index contributed by atoms with van der Waals surface area (Å²) in [6.45, 7) is 0. The maximum absolute atomic E-state index is 10.6. The van der Waals surface area contributed by atoms with E-state index in [-0.39, 0.29) is 5.92 Å². The molecular weight excluding hydrogens is 152 g/mol. The molecule has 0 aromatic rings. The highest BCUT2D eigenvalue weighted by Crippen LogP contribution is 2.64. The van der Waals surface area contributed by atoms with Crippen LogP contribution < -0.4 is 0 Å². The average molecular weight is 166 g/mol. The summed E-state index contributed by atoms with van der Waals surface area (Å²) in [6, 6.07) is 0. The van der Waals surface area contributed by atoms with Crippen LogP contribution in [0, 0.1) is 29.6 Å². The molecule has 12 heavy (non-hydrogen) atoms. The number of hydrogen-bond donors (Lipinski definition) is 1. The van der Waals surface area contributed by atoms with Crippen LogP contribution in [0.25, 0.3) is 0 Å². The van der Waals surface area contributed by atoms with Crippen LogP contribution in [0.15, 0.2) is 0 Å². The lowest BCUT2D eigenvalue weighted by molar-refractivity contribution is -0.138. The molecule has 3 fully saturated rings. The monoisotopic (exact) mass is 166 g/mol. The average Bonchev–Trinajstić information content (AvgIpc) is 2.87. The first-order valence-corrected chi connectivity index (χ1v) is 5.00. The normalized spacial score (nSPS) is 50.3. The molecule has 66 valence electrons. The molecule has 0 saturated heterocycles. The van der Waals surface area contributed by atoms with Crippen LogP contribution in [0.1, 0.15) is 25.7 Å². The van der Waals surface area contributed by atoms with E-state index in [1.165, 1.54) is 19.3 Å². The van der Waals surface area contributed by atoms with Gasteiger partial charge in [0.25, 0.3) is 0 Å². The van der Waals surface area contributed by atoms with E-state index >= 15 is 0 Å². The van der Waals surface area contributed by atoms with E-state index in [1.807, 2.05) is 0 Å². The van der Waals surface area contributed by atoms with Crippen LogP contribution in [0.5, 0.6) is 0 Å². The summed E-state index contributed by atoms with van der Waals surface area (Å²) in [6.07, 6.45) is 5.17. The molecule has 2 nitrogen and oxygen atoms in total. The van der Waals surface area contributed by atoms with Gasteiger partial charge >= 0.3 is 5.97 Å². The fourth-order valence-electron chi connectivity index (χ4n) is 2.77. The lowest BCUT2D eigenvalue weighted by Gasteiger charge is -1.93. The molecule has 0 aliphatic heterocycles. The van der Waals surface area contributed by atoms with Gasteiger partial charge < -0.3 is 5.11 Å². The smallest absolute Gasteiger partial charge is 0.306 e. The Hall–Kier alpha value is -0.530. The zero-order valence-electron chi connectivity index (χ0n) is 7.07. The Bertz CT molecular complexity index is 232. The van der Waals surface area contributed by atoms with Gasteiger partial charge in [0.15, 0.2) is 0 Å². The molecule has 0 aromatic carbocycles. The number of rotatable bonds is 3. The molecule has 0 radical (unpaired) electrons. The Morgan fingerprint density at radius 2 is 1.83 bits per heavy atom. The molecule has 3 saturated carbocycles.